The second-order valence-electron chi connectivity index (χ2n) is 7.64. The summed E-state index contributed by atoms with van der Waals surface area (Å²) in [4.78, 5) is 4.76. The molecule has 2 nitrogen and oxygen atoms in total. The number of nitrogens with one attached hydrogen (secondary N) is 1. The first-order chi connectivity index (χ1) is 8.66. The molecule has 1 heterocycles. The molecule has 0 amide bonds. The average molecular weight is 262 g/mol. The summed E-state index contributed by atoms with van der Waals surface area (Å²) in [6, 6.07) is 6.42. The average Bonchev–Trinajstić information content (AvgIpc) is 2.21. The SMILES string of the molecule is CC(C)(C)Cc1cccc(CCCNC(C)(C)C)n1. The monoisotopic (exact) mass is 262 g/mol. The highest BCUT2D eigenvalue weighted by atomic mass is 14.9. The first-order valence-corrected chi connectivity index (χ1v) is 7.36. The second kappa shape index (κ2) is 6.51. The van der Waals surface area contributed by atoms with Gasteiger partial charge in [-0.2, -0.15) is 0 Å². The van der Waals surface area contributed by atoms with Gasteiger partial charge in [0.2, 0.25) is 0 Å². The van der Waals surface area contributed by atoms with Gasteiger partial charge in [-0.15, -0.1) is 0 Å². The fraction of sp³-hybridized carbons (Fsp3) is 0.706. The summed E-state index contributed by atoms with van der Waals surface area (Å²) in [5.74, 6) is 0. The molecule has 0 saturated carbocycles. The van der Waals surface area contributed by atoms with E-state index in [2.05, 4.69) is 65.1 Å². The van der Waals surface area contributed by atoms with Crippen LogP contribution >= 0.6 is 0 Å². The molecular weight excluding hydrogens is 232 g/mol. The third kappa shape index (κ3) is 7.99. The van der Waals surface area contributed by atoms with Crippen LogP contribution in [0.15, 0.2) is 18.2 Å². The van der Waals surface area contributed by atoms with Gasteiger partial charge in [0.05, 0.1) is 0 Å². The minimum absolute atomic E-state index is 0.210. The lowest BCUT2D eigenvalue weighted by Gasteiger charge is -2.20. The molecule has 0 unspecified atom stereocenters. The summed E-state index contributed by atoms with van der Waals surface area (Å²) < 4.78 is 0. The first kappa shape index (κ1) is 16.2. The molecule has 0 aliphatic carbocycles. The summed E-state index contributed by atoms with van der Waals surface area (Å²) in [7, 11) is 0. The zero-order valence-corrected chi connectivity index (χ0v) is 13.5. The van der Waals surface area contributed by atoms with Crippen molar-refractivity contribution >= 4 is 0 Å². The number of hydrogen-bond acceptors (Lipinski definition) is 2. The zero-order chi connectivity index (χ0) is 14.5. The molecule has 0 atom stereocenters. The van der Waals surface area contributed by atoms with Gasteiger partial charge in [0.1, 0.15) is 0 Å². The van der Waals surface area contributed by atoms with E-state index in [4.69, 9.17) is 4.98 Å². The zero-order valence-electron chi connectivity index (χ0n) is 13.5. The smallest absolute Gasteiger partial charge is 0.0412 e. The standard InChI is InChI=1S/C17H30N2/c1-16(2,3)13-15-10-7-9-14(19-15)11-8-12-18-17(4,5)6/h7,9-10,18H,8,11-13H2,1-6H3. The Hall–Kier alpha value is -0.890. The van der Waals surface area contributed by atoms with Crippen LogP contribution in [0.1, 0.15) is 59.4 Å². The molecule has 0 saturated heterocycles. The largest absolute Gasteiger partial charge is 0.312 e. The van der Waals surface area contributed by atoms with Crippen molar-refractivity contribution in [1.82, 2.24) is 10.3 Å². The molecule has 0 fully saturated rings. The lowest BCUT2D eigenvalue weighted by atomic mass is 9.90. The number of nitrogens with zero attached hydrogens (tertiary/aromatic N) is 1. The summed E-state index contributed by atoms with van der Waals surface area (Å²) in [6.45, 7) is 14.4. The van der Waals surface area contributed by atoms with Gasteiger partial charge in [0.25, 0.3) is 0 Å². The fourth-order valence-electron chi connectivity index (χ4n) is 2.04. The van der Waals surface area contributed by atoms with Gasteiger partial charge in [-0.25, -0.2) is 0 Å². The molecule has 19 heavy (non-hydrogen) atoms. The lowest BCUT2D eigenvalue weighted by molar-refractivity contribution is 0.405. The third-order valence-electron chi connectivity index (χ3n) is 2.84. The van der Waals surface area contributed by atoms with E-state index in [0.717, 1.165) is 25.8 Å². The lowest BCUT2D eigenvalue weighted by Crippen LogP contribution is -2.36. The molecule has 0 bridgehead atoms. The van der Waals surface area contributed by atoms with Crippen molar-refractivity contribution in [3.05, 3.63) is 29.6 Å². The fourth-order valence-corrected chi connectivity index (χ4v) is 2.04. The number of aromatic nitrogens is 1. The summed E-state index contributed by atoms with van der Waals surface area (Å²) >= 11 is 0. The Morgan fingerprint density at radius 1 is 1.00 bits per heavy atom. The van der Waals surface area contributed by atoms with Crippen molar-refractivity contribution < 1.29 is 0 Å². The first-order valence-electron chi connectivity index (χ1n) is 7.36. The Bertz CT molecular complexity index is 383. The molecule has 1 N–H and O–H groups in total. The molecule has 108 valence electrons. The molecule has 0 aliphatic heterocycles. The minimum atomic E-state index is 0.210. The summed E-state index contributed by atoms with van der Waals surface area (Å²) in [5, 5.41) is 3.52. The molecule has 1 aromatic heterocycles. The number of rotatable bonds is 5. The Morgan fingerprint density at radius 3 is 2.21 bits per heavy atom. The quantitative estimate of drug-likeness (QED) is 0.812. The van der Waals surface area contributed by atoms with E-state index in [0.29, 0.717) is 5.41 Å². The molecule has 0 aromatic carbocycles. The van der Waals surface area contributed by atoms with Crippen molar-refractivity contribution in [3.63, 3.8) is 0 Å². The predicted octanol–water partition coefficient (Wildman–Crippen LogP) is 3.99. The van der Waals surface area contributed by atoms with E-state index in [-0.39, 0.29) is 5.54 Å². The second-order valence-corrected chi connectivity index (χ2v) is 7.64. The van der Waals surface area contributed by atoms with Crippen LogP contribution in [0.4, 0.5) is 0 Å². The normalized spacial score (nSPS) is 12.7. The van der Waals surface area contributed by atoms with Gasteiger partial charge in [-0.05, 0) is 64.1 Å². The van der Waals surface area contributed by atoms with Gasteiger partial charge in [-0.1, -0.05) is 26.8 Å². The van der Waals surface area contributed by atoms with Gasteiger partial charge in [-0.3, -0.25) is 4.98 Å². The summed E-state index contributed by atoms with van der Waals surface area (Å²) in [6.07, 6.45) is 3.24. The van der Waals surface area contributed by atoms with Crippen LogP contribution in [0, 0.1) is 5.41 Å². The van der Waals surface area contributed by atoms with E-state index in [1.54, 1.807) is 0 Å². The molecule has 2 heteroatoms. The van der Waals surface area contributed by atoms with E-state index in [1.807, 2.05) is 0 Å². The Labute approximate surface area is 119 Å². The highest BCUT2D eigenvalue weighted by molar-refractivity contribution is 5.12. The van der Waals surface area contributed by atoms with Crippen LogP contribution in [0.2, 0.25) is 0 Å². The van der Waals surface area contributed by atoms with Crippen LogP contribution < -0.4 is 5.32 Å². The van der Waals surface area contributed by atoms with Crippen molar-refractivity contribution in [2.24, 2.45) is 5.41 Å². The number of aryl methyl sites for hydroxylation is 1. The maximum absolute atomic E-state index is 4.76. The van der Waals surface area contributed by atoms with Crippen LogP contribution in [-0.4, -0.2) is 17.1 Å². The Kier molecular flexibility index (Phi) is 5.54. The minimum Gasteiger partial charge on any atom is -0.312 e. The van der Waals surface area contributed by atoms with E-state index >= 15 is 0 Å². The highest BCUT2D eigenvalue weighted by Crippen LogP contribution is 2.19. The van der Waals surface area contributed by atoms with Gasteiger partial charge < -0.3 is 5.32 Å². The van der Waals surface area contributed by atoms with Gasteiger partial charge >= 0.3 is 0 Å². The van der Waals surface area contributed by atoms with E-state index < -0.39 is 0 Å². The number of pyridine rings is 1. The van der Waals surface area contributed by atoms with Crippen molar-refractivity contribution in [3.8, 4) is 0 Å². The molecular formula is C17H30N2. The molecule has 1 rings (SSSR count). The topological polar surface area (TPSA) is 24.9 Å². The maximum Gasteiger partial charge on any atom is 0.0412 e. The summed E-state index contributed by atoms with van der Waals surface area (Å²) in [5.41, 5.74) is 2.95. The Balaban J connectivity index is 2.44. The molecule has 0 aliphatic rings. The van der Waals surface area contributed by atoms with E-state index in [1.165, 1.54) is 11.4 Å². The molecule has 0 spiro atoms. The van der Waals surface area contributed by atoms with Crippen LogP contribution in [0.25, 0.3) is 0 Å². The van der Waals surface area contributed by atoms with Crippen molar-refractivity contribution in [2.45, 2.75) is 66.3 Å². The van der Waals surface area contributed by atoms with Gasteiger partial charge in [0.15, 0.2) is 0 Å². The van der Waals surface area contributed by atoms with Crippen molar-refractivity contribution in [1.29, 1.82) is 0 Å². The third-order valence-corrected chi connectivity index (χ3v) is 2.84. The predicted molar refractivity (Wildman–Crippen MR) is 83.5 cm³/mol. The highest BCUT2D eigenvalue weighted by Gasteiger charge is 2.12. The van der Waals surface area contributed by atoms with Crippen molar-refractivity contribution in [2.75, 3.05) is 6.54 Å². The van der Waals surface area contributed by atoms with Crippen LogP contribution in [-0.2, 0) is 12.8 Å². The molecule has 1 aromatic rings. The Morgan fingerprint density at radius 2 is 1.63 bits per heavy atom. The maximum atomic E-state index is 4.76. The number of hydrogen-bond donors (Lipinski definition) is 1. The van der Waals surface area contributed by atoms with Crippen LogP contribution in [0.5, 0.6) is 0 Å². The van der Waals surface area contributed by atoms with Crippen LogP contribution in [0.3, 0.4) is 0 Å². The van der Waals surface area contributed by atoms with Gasteiger partial charge in [0, 0.05) is 16.9 Å². The molecule has 0 radical (unpaired) electrons. The van der Waals surface area contributed by atoms with E-state index in [9.17, 15) is 0 Å².